The van der Waals surface area contributed by atoms with Crippen molar-refractivity contribution < 1.29 is 17.6 Å². The second-order valence-electron chi connectivity index (χ2n) is 9.07. The molecule has 0 atom stereocenters. The molecule has 1 aromatic heterocycles. The average Bonchev–Trinajstić information content (AvgIpc) is 2.85. The molecule has 4 rings (SSSR count). The van der Waals surface area contributed by atoms with Crippen LogP contribution in [0.5, 0.6) is 0 Å². The van der Waals surface area contributed by atoms with Gasteiger partial charge in [-0.25, -0.2) is 12.8 Å². The summed E-state index contributed by atoms with van der Waals surface area (Å²) in [4.78, 5) is 29.1. The number of hydrogen-bond donors (Lipinski definition) is 2. The van der Waals surface area contributed by atoms with Crippen molar-refractivity contribution in [2.75, 3.05) is 13.1 Å². The summed E-state index contributed by atoms with van der Waals surface area (Å²) in [7, 11) is -3.61. The minimum Gasteiger partial charge on any atom is -0.354 e. The van der Waals surface area contributed by atoms with E-state index in [9.17, 15) is 22.4 Å². The first kappa shape index (κ1) is 25.5. The van der Waals surface area contributed by atoms with Crippen molar-refractivity contribution in [1.29, 1.82) is 0 Å². The minimum atomic E-state index is -3.61. The van der Waals surface area contributed by atoms with E-state index in [1.165, 1.54) is 22.5 Å². The molecule has 2 N–H and O–H groups in total. The summed E-state index contributed by atoms with van der Waals surface area (Å²) in [6.07, 6.45) is 0. The van der Waals surface area contributed by atoms with Crippen LogP contribution in [0.4, 0.5) is 4.39 Å². The van der Waals surface area contributed by atoms with E-state index in [1.807, 2.05) is 0 Å². The summed E-state index contributed by atoms with van der Waals surface area (Å²) in [5.74, 6) is -1.47. The van der Waals surface area contributed by atoms with Crippen LogP contribution in [0.25, 0.3) is 21.8 Å². The molecule has 0 saturated carbocycles. The van der Waals surface area contributed by atoms with Crippen LogP contribution >= 0.6 is 0 Å². The minimum absolute atomic E-state index is 0.159. The van der Waals surface area contributed by atoms with Gasteiger partial charge >= 0.3 is 0 Å². The lowest BCUT2D eigenvalue weighted by Crippen LogP contribution is -2.41. The number of aromatic amines is 1. The fraction of sp³-hybridized carbons (Fsp3) is 0.259. The molecule has 4 aromatic rings. The van der Waals surface area contributed by atoms with Crippen molar-refractivity contribution in [3.8, 4) is 0 Å². The highest BCUT2D eigenvalue weighted by atomic mass is 32.2. The average molecular weight is 510 g/mol. The Kier molecular flexibility index (Phi) is 6.72. The third kappa shape index (κ3) is 4.52. The van der Waals surface area contributed by atoms with Gasteiger partial charge in [0.15, 0.2) is 5.43 Å². The molecule has 0 saturated heterocycles. The first-order valence-corrected chi connectivity index (χ1v) is 13.1. The number of sulfonamides is 1. The lowest BCUT2D eigenvalue weighted by molar-refractivity contribution is 0.0908. The number of fused-ring (bicyclic) bond motifs is 2. The molecule has 9 heteroatoms. The van der Waals surface area contributed by atoms with E-state index in [0.29, 0.717) is 35.1 Å². The molecule has 0 fully saturated rings. The summed E-state index contributed by atoms with van der Waals surface area (Å²) in [6.45, 7) is 7.76. The molecule has 0 spiro atoms. The van der Waals surface area contributed by atoms with Gasteiger partial charge in [0.2, 0.25) is 10.0 Å². The maximum absolute atomic E-state index is 15.0. The van der Waals surface area contributed by atoms with Gasteiger partial charge in [-0.15, -0.1) is 0 Å². The Morgan fingerprint density at radius 1 is 0.972 bits per heavy atom. The SMILES string of the molecule is CCN(CC)S(=O)(=O)c1ccc(C(C)(C)NC(=O)c2cc3[nH]c4ccccc4c(=O)c3cc2F)cc1. The normalized spacial score (nSPS) is 12.4. The number of halogens is 1. The molecule has 188 valence electrons. The Hall–Kier alpha value is -3.56. The van der Waals surface area contributed by atoms with Crippen LogP contribution in [0.3, 0.4) is 0 Å². The van der Waals surface area contributed by atoms with Crippen molar-refractivity contribution in [2.45, 2.75) is 38.1 Å². The van der Waals surface area contributed by atoms with Crippen LogP contribution in [0.2, 0.25) is 0 Å². The highest BCUT2D eigenvalue weighted by Gasteiger charge is 2.27. The molecule has 1 heterocycles. The molecular formula is C27H28FN3O4S. The van der Waals surface area contributed by atoms with Crippen LogP contribution in [0.1, 0.15) is 43.6 Å². The van der Waals surface area contributed by atoms with Gasteiger partial charge in [-0.05, 0) is 55.8 Å². The zero-order valence-electron chi connectivity index (χ0n) is 20.6. The van der Waals surface area contributed by atoms with Gasteiger partial charge in [-0.3, -0.25) is 9.59 Å². The van der Waals surface area contributed by atoms with Crippen LogP contribution in [-0.2, 0) is 15.6 Å². The van der Waals surface area contributed by atoms with Gasteiger partial charge < -0.3 is 10.3 Å². The summed E-state index contributed by atoms with van der Waals surface area (Å²) < 4.78 is 41.9. The monoisotopic (exact) mass is 509 g/mol. The van der Waals surface area contributed by atoms with E-state index in [1.54, 1.807) is 64.1 Å². The fourth-order valence-corrected chi connectivity index (χ4v) is 5.76. The van der Waals surface area contributed by atoms with E-state index in [2.05, 4.69) is 10.3 Å². The van der Waals surface area contributed by atoms with E-state index in [-0.39, 0.29) is 21.3 Å². The highest BCUT2D eigenvalue weighted by molar-refractivity contribution is 7.89. The molecule has 1 amide bonds. The van der Waals surface area contributed by atoms with Gasteiger partial charge in [0.1, 0.15) is 5.82 Å². The number of carbonyl (C=O) groups excluding carboxylic acids is 1. The Balaban J connectivity index is 1.64. The zero-order chi connectivity index (χ0) is 26.3. The number of hydrogen-bond acceptors (Lipinski definition) is 4. The Morgan fingerprint density at radius 3 is 2.25 bits per heavy atom. The number of nitrogens with zero attached hydrogens (tertiary/aromatic N) is 1. The summed E-state index contributed by atoms with van der Waals surface area (Å²) in [5, 5.41) is 3.42. The zero-order valence-corrected chi connectivity index (χ0v) is 21.4. The smallest absolute Gasteiger partial charge is 0.255 e. The van der Waals surface area contributed by atoms with Gasteiger partial charge in [-0.2, -0.15) is 4.31 Å². The van der Waals surface area contributed by atoms with Crippen LogP contribution in [0.15, 0.2) is 70.4 Å². The Bertz CT molecular complexity index is 1620. The summed E-state index contributed by atoms with van der Waals surface area (Å²) >= 11 is 0. The topological polar surface area (TPSA) is 99.3 Å². The first-order valence-electron chi connectivity index (χ1n) is 11.7. The third-order valence-electron chi connectivity index (χ3n) is 6.38. The molecule has 0 aliphatic heterocycles. The molecule has 3 aromatic carbocycles. The number of nitrogens with one attached hydrogen (secondary N) is 2. The maximum atomic E-state index is 15.0. The van der Waals surface area contributed by atoms with Gasteiger partial charge in [0.05, 0.1) is 21.5 Å². The molecule has 0 radical (unpaired) electrons. The van der Waals surface area contributed by atoms with Gasteiger partial charge in [0.25, 0.3) is 5.91 Å². The lowest BCUT2D eigenvalue weighted by atomic mass is 9.93. The van der Waals surface area contributed by atoms with Crippen LogP contribution in [0, 0.1) is 5.82 Å². The van der Waals surface area contributed by atoms with E-state index in [4.69, 9.17) is 0 Å². The Labute approximate surface area is 209 Å². The molecule has 36 heavy (non-hydrogen) atoms. The molecule has 0 unspecified atom stereocenters. The van der Waals surface area contributed by atoms with Crippen molar-refractivity contribution in [3.63, 3.8) is 0 Å². The molecule has 7 nitrogen and oxygen atoms in total. The predicted octanol–water partition coefficient (Wildman–Crippen LogP) is 4.52. The molecular weight excluding hydrogens is 481 g/mol. The number of rotatable bonds is 7. The van der Waals surface area contributed by atoms with Crippen molar-refractivity contribution in [3.05, 3.63) is 87.8 Å². The quantitative estimate of drug-likeness (QED) is 0.358. The predicted molar refractivity (Wildman–Crippen MR) is 139 cm³/mol. The number of aromatic nitrogens is 1. The number of H-pyrrole nitrogens is 1. The lowest BCUT2D eigenvalue weighted by Gasteiger charge is -2.27. The van der Waals surface area contributed by atoms with Crippen molar-refractivity contribution in [1.82, 2.24) is 14.6 Å². The van der Waals surface area contributed by atoms with Crippen LogP contribution < -0.4 is 10.7 Å². The summed E-state index contributed by atoms with van der Waals surface area (Å²) in [5.41, 5.74) is 0.136. The van der Waals surface area contributed by atoms with Crippen LogP contribution in [-0.4, -0.2) is 36.7 Å². The number of benzene rings is 3. The van der Waals surface area contributed by atoms with Gasteiger partial charge in [-0.1, -0.05) is 38.1 Å². The fourth-order valence-electron chi connectivity index (χ4n) is 4.30. The molecule has 0 aliphatic rings. The van der Waals surface area contributed by atoms with Crippen molar-refractivity contribution >= 4 is 37.7 Å². The second kappa shape index (κ2) is 9.48. The second-order valence-corrected chi connectivity index (χ2v) is 11.0. The highest BCUT2D eigenvalue weighted by Crippen LogP contribution is 2.25. The van der Waals surface area contributed by atoms with Gasteiger partial charge in [0, 0.05) is 29.4 Å². The van der Waals surface area contributed by atoms with E-state index < -0.39 is 27.3 Å². The van der Waals surface area contributed by atoms with E-state index >= 15 is 0 Å². The maximum Gasteiger partial charge on any atom is 0.255 e. The standard InChI is InChI=1S/C27H28FN3O4S/c1-5-31(6-2)36(34,35)18-13-11-17(12-14-18)27(3,4)30-26(33)20-16-24-21(15-22(20)28)25(32)19-9-7-8-10-23(19)29-24/h7-16H,5-6H2,1-4H3,(H,29,32)(H,30,33). The largest absolute Gasteiger partial charge is 0.354 e. The number of para-hydroxylation sites is 1. The summed E-state index contributed by atoms with van der Waals surface area (Å²) in [6, 6.07) is 15.6. The van der Waals surface area contributed by atoms with E-state index in [0.717, 1.165) is 6.07 Å². The number of amides is 1. The number of carbonyl (C=O) groups is 1. The first-order chi connectivity index (χ1) is 17.0. The Morgan fingerprint density at radius 2 is 1.61 bits per heavy atom. The third-order valence-corrected chi connectivity index (χ3v) is 8.45. The molecule has 0 bridgehead atoms. The van der Waals surface area contributed by atoms with Crippen molar-refractivity contribution in [2.24, 2.45) is 0 Å². The molecule has 0 aliphatic carbocycles. The number of pyridine rings is 1.